The number of piperidine rings is 1. The maximum absolute atomic E-state index is 11.8. The fraction of sp³-hybridized carbons (Fsp3) is 0.769. The number of likely N-dealkylation sites (tertiary alicyclic amines) is 1. The Balaban J connectivity index is 2.03. The van der Waals surface area contributed by atoms with Gasteiger partial charge >= 0.3 is 5.97 Å². The average Bonchev–Trinajstić information content (AvgIpc) is 2.44. The predicted molar refractivity (Wildman–Crippen MR) is 77.6 cm³/mol. The third kappa shape index (κ3) is 7.37. The smallest absolute Gasteiger partial charge is 0.303 e. The minimum Gasteiger partial charge on any atom is -0.481 e. The van der Waals surface area contributed by atoms with E-state index in [2.05, 4.69) is 5.32 Å². The van der Waals surface area contributed by atoms with E-state index >= 15 is 0 Å². The maximum atomic E-state index is 11.8. The second-order valence-electron chi connectivity index (χ2n) is 4.78. The molecule has 0 spiro atoms. The van der Waals surface area contributed by atoms with Gasteiger partial charge in [-0.1, -0.05) is 0 Å². The van der Waals surface area contributed by atoms with Gasteiger partial charge in [-0.25, -0.2) is 0 Å². The molecule has 0 aromatic rings. The number of carboxylic acids is 1. The number of thioether (sulfide) groups is 1. The highest BCUT2D eigenvalue weighted by atomic mass is 32.2. The molecule has 20 heavy (non-hydrogen) atoms. The van der Waals surface area contributed by atoms with Gasteiger partial charge in [-0.15, -0.1) is 11.8 Å². The van der Waals surface area contributed by atoms with Gasteiger partial charge in [-0.05, 0) is 25.7 Å². The average molecular weight is 302 g/mol. The van der Waals surface area contributed by atoms with Gasteiger partial charge in [0.15, 0.2) is 0 Å². The van der Waals surface area contributed by atoms with Gasteiger partial charge in [-0.2, -0.15) is 0 Å². The number of carbonyl (C=O) groups is 3. The van der Waals surface area contributed by atoms with Crippen LogP contribution in [-0.4, -0.2) is 58.9 Å². The molecule has 2 amide bonds. The molecule has 1 rings (SSSR count). The lowest BCUT2D eigenvalue weighted by Crippen LogP contribution is -2.37. The molecule has 1 aliphatic rings. The van der Waals surface area contributed by atoms with Crippen LogP contribution in [0.3, 0.4) is 0 Å². The summed E-state index contributed by atoms with van der Waals surface area (Å²) in [4.78, 5) is 35.4. The number of nitrogens with one attached hydrogen (secondary N) is 1. The Bertz CT molecular complexity index is 343. The molecule has 1 aliphatic heterocycles. The second-order valence-corrected chi connectivity index (χ2v) is 5.77. The lowest BCUT2D eigenvalue weighted by molar-refractivity contribution is -0.137. The molecule has 1 fully saturated rings. The molecule has 114 valence electrons. The molecule has 0 saturated carbocycles. The normalized spacial score (nSPS) is 14.9. The quantitative estimate of drug-likeness (QED) is 0.645. The van der Waals surface area contributed by atoms with Crippen LogP contribution in [0.4, 0.5) is 0 Å². The third-order valence-electron chi connectivity index (χ3n) is 3.06. The zero-order valence-corrected chi connectivity index (χ0v) is 12.4. The Hall–Kier alpha value is -1.24. The first-order valence-electron chi connectivity index (χ1n) is 6.93. The monoisotopic (exact) mass is 302 g/mol. The highest BCUT2D eigenvalue weighted by molar-refractivity contribution is 8.00. The Morgan fingerprint density at radius 2 is 1.80 bits per heavy atom. The zero-order valence-electron chi connectivity index (χ0n) is 11.6. The van der Waals surface area contributed by atoms with Gasteiger partial charge in [0.25, 0.3) is 0 Å². The zero-order chi connectivity index (χ0) is 14.8. The molecule has 0 aromatic carbocycles. The molecule has 6 nitrogen and oxygen atoms in total. The molecule has 0 bridgehead atoms. The number of amides is 2. The molecule has 0 atom stereocenters. The van der Waals surface area contributed by atoms with Crippen molar-refractivity contribution in [3.05, 3.63) is 0 Å². The maximum Gasteiger partial charge on any atom is 0.303 e. The SMILES string of the molecule is O=C(O)CCCNC(=O)CSCC(=O)N1CCCCC1. The van der Waals surface area contributed by atoms with Crippen molar-refractivity contribution < 1.29 is 19.5 Å². The van der Waals surface area contributed by atoms with E-state index < -0.39 is 5.97 Å². The fourth-order valence-corrected chi connectivity index (χ4v) is 2.73. The van der Waals surface area contributed by atoms with Crippen LogP contribution in [-0.2, 0) is 14.4 Å². The minimum atomic E-state index is -0.860. The number of rotatable bonds is 8. The fourth-order valence-electron chi connectivity index (χ4n) is 1.98. The van der Waals surface area contributed by atoms with Crippen molar-refractivity contribution in [1.82, 2.24) is 10.2 Å². The molecule has 0 unspecified atom stereocenters. The second kappa shape index (κ2) is 9.63. The first-order chi connectivity index (χ1) is 9.59. The largest absolute Gasteiger partial charge is 0.481 e. The van der Waals surface area contributed by atoms with Crippen molar-refractivity contribution in [3.8, 4) is 0 Å². The summed E-state index contributed by atoms with van der Waals surface area (Å²) in [5.74, 6) is -0.323. The number of carboxylic acid groups (broad SMARTS) is 1. The summed E-state index contributed by atoms with van der Waals surface area (Å²) >= 11 is 1.31. The van der Waals surface area contributed by atoms with E-state index in [1.807, 2.05) is 4.90 Å². The molecular formula is C13H22N2O4S. The van der Waals surface area contributed by atoms with Crippen molar-refractivity contribution in [1.29, 1.82) is 0 Å². The molecule has 0 aliphatic carbocycles. The Labute approximate surface area is 123 Å². The third-order valence-corrected chi connectivity index (χ3v) is 3.97. The summed E-state index contributed by atoms with van der Waals surface area (Å²) in [5, 5.41) is 11.1. The van der Waals surface area contributed by atoms with Gasteiger partial charge < -0.3 is 15.3 Å². The number of carbonyl (C=O) groups excluding carboxylic acids is 2. The van der Waals surface area contributed by atoms with Crippen LogP contribution in [0.1, 0.15) is 32.1 Å². The molecule has 0 aromatic heterocycles. The van der Waals surface area contributed by atoms with E-state index in [-0.39, 0.29) is 24.0 Å². The molecule has 1 heterocycles. The number of hydrogen-bond acceptors (Lipinski definition) is 4. The van der Waals surface area contributed by atoms with E-state index in [9.17, 15) is 14.4 Å². The summed E-state index contributed by atoms with van der Waals surface area (Å²) < 4.78 is 0. The van der Waals surface area contributed by atoms with Gasteiger partial charge in [-0.3, -0.25) is 14.4 Å². The Morgan fingerprint density at radius 1 is 1.10 bits per heavy atom. The van der Waals surface area contributed by atoms with Crippen molar-refractivity contribution in [2.45, 2.75) is 32.1 Å². The summed E-state index contributed by atoms with van der Waals surface area (Å²) in [7, 11) is 0. The minimum absolute atomic E-state index is 0.0564. The molecule has 0 radical (unpaired) electrons. The molecule has 1 saturated heterocycles. The first kappa shape index (κ1) is 16.8. The molecule has 2 N–H and O–H groups in total. The van der Waals surface area contributed by atoms with Gasteiger partial charge in [0, 0.05) is 26.1 Å². The van der Waals surface area contributed by atoms with Crippen LogP contribution in [0.2, 0.25) is 0 Å². The van der Waals surface area contributed by atoms with Crippen molar-refractivity contribution in [3.63, 3.8) is 0 Å². The van der Waals surface area contributed by atoms with E-state index in [4.69, 9.17) is 5.11 Å². The van der Waals surface area contributed by atoms with E-state index in [1.54, 1.807) is 0 Å². The number of nitrogens with zero attached hydrogens (tertiary/aromatic N) is 1. The Kier molecular flexibility index (Phi) is 8.10. The van der Waals surface area contributed by atoms with Gasteiger partial charge in [0.2, 0.25) is 11.8 Å². The number of aliphatic carboxylic acids is 1. The number of hydrogen-bond donors (Lipinski definition) is 2. The highest BCUT2D eigenvalue weighted by Gasteiger charge is 2.16. The van der Waals surface area contributed by atoms with Crippen LogP contribution in [0.15, 0.2) is 0 Å². The van der Waals surface area contributed by atoms with E-state index in [0.29, 0.717) is 18.7 Å². The van der Waals surface area contributed by atoms with Crippen LogP contribution in [0.25, 0.3) is 0 Å². The molecular weight excluding hydrogens is 280 g/mol. The summed E-state index contributed by atoms with van der Waals surface area (Å²) in [6.45, 7) is 2.04. The van der Waals surface area contributed by atoms with Crippen molar-refractivity contribution in [2.75, 3.05) is 31.1 Å². The Morgan fingerprint density at radius 3 is 2.45 bits per heavy atom. The van der Waals surface area contributed by atoms with E-state index in [1.165, 1.54) is 18.2 Å². The van der Waals surface area contributed by atoms with Gasteiger partial charge in [0.05, 0.1) is 11.5 Å². The van der Waals surface area contributed by atoms with E-state index in [0.717, 1.165) is 25.9 Å². The highest BCUT2D eigenvalue weighted by Crippen LogP contribution is 2.11. The lowest BCUT2D eigenvalue weighted by atomic mass is 10.1. The first-order valence-corrected chi connectivity index (χ1v) is 8.09. The summed E-state index contributed by atoms with van der Waals surface area (Å²) in [5.41, 5.74) is 0. The van der Waals surface area contributed by atoms with Crippen LogP contribution in [0.5, 0.6) is 0 Å². The van der Waals surface area contributed by atoms with Crippen LogP contribution < -0.4 is 5.32 Å². The lowest BCUT2D eigenvalue weighted by Gasteiger charge is -2.26. The van der Waals surface area contributed by atoms with Gasteiger partial charge in [0.1, 0.15) is 0 Å². The topological polar surface area (TPSA) is 86.7 Å². The predicted octanol–water partition coefficient (Wildman–Crippen LogP) is 0.713. The summed E-state index contributed by atoms with van der Waals surface area (Å²) in [6, 6.07) is 0. The van der Waals surface area contributed by atoms with Crippen molar-refractivity contribution >= 4 is 29.5 Å². The van der Waals surface area contributed by atoms with Crippen molar-refractivity contribution in [2.24, 2.45) is 0 Å². The van der Waals surface area contributed by atoms with Crippen LogP contribution in [0, 0.1) is 0 Å². The molecule has 7 heteroatoms. The van der Waals surface area contributed by atoms with Crippen LogP contribution >= 0.6 is 11.8 Å². The standard InChI is InChI=1S/C13H22N2O4S/c16-11(14-6-4-5-13(18)19)9-20-10-12(17)15-7-2-1-3-8-15/h1-10H2,(H,14,16)(H,18,19). The summed E-state index contributed by atoms with van der Waals surface area (Å²) in [6.07, 6.45) is 3.82.